The molecule has 0 unspecified atom stereocenters. The highest BCUT2D eigenvalue weighted by Crippen LogP contribution is 2.28. The predicted molar refractivity (Wildman–Crippen MR) is 64.3 cm³/mol. The maximum atomic E-state index is 11.0. The Morgan fingerprint density at radius 3 is 2.27 bits per heavy atom. The molecule has 0 spiro atoms. The molecule has 0 atom stereocenters. The quantitative estimate of drug-likeness (QED) is 0.738. The second kappa shape index (κ2) is 6.70. The molecular weight excluding hydrogens is 235 g/mol. The van der Waals surface area contributed by atoms with E-state index in [0.717, 1.165) is 5.56 Å². The monoisotopic (exact) mass is 248 g/mol. The maximum absolute atomic E-state index is 11.0. The van der Waals surface area contributed by atoms with E-state index in [1.165, 1.54) is 13.2 Å². The van der Waals surface area contributed by atoms with Crippen LogP contribution < -0.4 is 4.74 Å². The minimum atomic E-state index is -0.567. The Hall–Kier alpha value is -0.730. The highest BCUT2D eigenvalue weighted by atomic mass is 35.5. The third-order valence-electron chi connectivity index (χ3n) is 1.66. The molecular formula is C11H14Cl2O2. The maximum Gasteiger partial charge on any atom is 0.256 e. The van der Waals surface area contributed by atoms with Gasteiger partial charge in [-0.1, -0.05) is 25.4 Å². The van der Waals surface area contributed by atoms with E-state index < -0.39 is 5.24 Å². The molecule has 0 aliphatic carbocycles. The number of carbonyl (C=O) groups excluding carboxylic acids is 1. The Bertz CT molecular complexity index is 349. The zero-order chi connectivity index (χ0) is 12.0. The van der Waals surface area contributed by atoms with Gasteiger partial charge in [-0.05, 0) is 36.2 Å². The molecule has 0 amide bonds. The van der Waals surface area contributed by atoms with Gasteiger partial charge in [-0.3, -0.25) is 4.79 Å². The number of hydrogen-bond donors (Lipinski definition) is 0. The Balaban J connectivity index is 0.000000921. The molecule has 0 N–H and O–H groups in total. The van der Waals surface area contributed by atoms with E-state index in [-0.39, 0.29) is 0 Å². The SMILES string of the molecule is CC.COc1c(C)cc(Cl)cc1C(=O)Cl. The van der Waals surface area contributed by atoms with E-state index in [1.54, 1.807) is 13.0 Å². The number of methoxy groups -OCH3 is 1. The third-order valence-corrected chi connectivity index (χ3v) is 2.08. The van der Waals surface area contributed by atoms with Crippen molar-refractivity contribution < 1.29 is 9.53 Å². The van der Waals surface area contributed by atoms with E-state index in [4.69, 9.17) is 27.9 Å². The van der Waals surface area contributed by atoms with Crippen molar-refractivity contribution in [2.75, 3.05) is 7.11 Å². The van der Waals surface area contributed by atoms with Crippen LogP contribution in [0.4, 0.5) is 0 Å². The van der Waals surface area contributed by atoms with Gasteiger partial charge in [-0.15, -0.1) is 0 Å². The van der Waals surface area contributed by atoms with Gasteiger partial charge >= 0.3 is 0 Å². The van der Waals surface area contributed by atoms with Gasteiger partial charge in [0.25, 0.3) is 5.24 Å². The summed E-state index contributed by atoms with van der Waals surface area (Å²) in [5, 5.41) is -0.0928. The Morgan fingerprint density at radius 1 is 1.33 bits per heavy atom. The normalized spacial score (nSPS) is 8.93. The van der Waals surface area contributed by atoms with E-state index >= 15 is 0 Å². The molecule has 0 bridgehead atoms. The first-order chi connectivity index (χ1) is 7.06. The van der Waals surface area contributed by atoms with Crippen LogP contribution in [-0.4, -0.2) is 12.4 Å². The van der Waals surface area contributed by atoms with Crippen LogP contribution in [-0.2, 0) is 0 Å². The molecule has 0 heterocycles. The average Bonchev–Trinajstić information content (AvgIpc) is 2.19. The van der Waals surface area contributed by atoms with E-state index in [1.807, 2.05) is 13.8 Å². The molecule has 0 fully saturated rings. The fourth-order valence-corrected chi connectivity index (χ4v) is 1.56. The number of carbonyl (C=O) groups is 1. The van der Waals surface area contributed by atoms with E-state index in [2.05, 4.69) is 0 Å². The summed E-state index contributed by atoms with van der Waals surface area (Å²) in [6, 6.07) is 3.20. The average molecular weight is 249 g/mol. The summed E-state index contributed by atoms with van der Waals surface area (Å²) in [5.41, 5.74) is 1.09. The molecule has 0 aromatic heterocycles. The number of hydrogen-bond acceptors (Lipinski definition) is 2. The van der Waals surface area contributed by atoms with Gasteiger partial charge in [0, 0.05) is 5.02 Å². The van der Waals surface area contributed by atoms with Crippen molar-refractivity contribution in [2.24, 2.45) is 0 Å². The zero-order valence-corrected chi connectivity index (χ0v) is 10.7. The van der Waals surface area contributed by atoms with Gasteiger partial charge in [-0.25, -0.2) is 0 Å². The van der Waals surface area contributed by atoms with E-state index in [9.17, 15) is 4.79 Å². The summed E-state index contributed by atoms with van der Waals surface area (Å²) < 4.78 is 5.03. The second-order valence-electron chi connectivity index (χ2n) is 2.58. The molecule has 1 rings (SSSR count). The minimum Gasteiger partial charge on any atom is -0.496 e. The van der Waals surface area contributed by atoms with Crippen molar-refractivity contribution in [1.82, 2.24) is 0 Å². The molecule has 15 heavy (non-hydrogen) atoms. The fourth-order valence-electron chi connectivity index (χ4n) is 1.15. The van der Waals surface area contributed by atoms with E-state index in [0.29, 0.717) is 16.3 Å². The lowest BCUT2D eigenvalue weighted by molar-refractivity contribution is 0.107. The first-order valence-electron chi connectivity index (χ1n) is 4.60. The summed E-state index contributed by atoms with van der Waals surface area (Å²) in [7, 11) is 1.49. The first kappa shape index (κ1) is 14.3. The van der Waals surface area contributed by atoms with Crippen molar-refractivity contribution in [1.29, 1.82) is 0 Å². The summed E-state index contributed by atoms with van der Waals surface area (Å²) >= 11 is 11.1. The molecule has 0 saturated carbocycles. The third kappa shape index (κ3) is 3.73. The highest BCUT2D eigenvalue weighted by Gasteiger charge is 2.13. The number of benzene rings is 1. The first-order valence-corrected chi connectivity index (χ1v) is 5.36. The van der Waals surface area contributed by atoms with Crippen LogP contribution in [0.2, 0.25) is 5.02 Å². The molecule has 2 nitrogen and oxygen atoms in total. The molecule has 0 aliphatic rings. The van der Waals surface area contributed by atoms with Gasteiger partial charge < -0.3 is 4.74 Å². The summed E-state index contributed by atoms with van der Waals surface area (Å²) in [4.78, 5) is 11.0. The largest absolute Gasteiger partial charge is 0.496 e. The predicted octanol–water partition coefficient (Wildman–Crippen LogP) is 4.06. The van der Waals surface area contributed by atoms with Crippen molar-refractivity contribution in [2.45, 2.75) is 20.8 Å². The Kier molecular flexibility index (Phi) is 6.37. The number of halogens is 2. The molecule has 4 heteroatoms. The lowest BCUT2D eigenvalue weighted by Gasteiger charge is -2.08. The molecule has 84 valence electrons. The van der Waals surface area contributed by atoms with Crippen LogP contribution in [0.3, 0.4) is 0 Å². The summed E-state index contributed by atoms with van der Waals surface area (Å²) in [6.45, 7) is 5.80. The van der Waals surface area contributed by atoms with Crippen molar-refractivity contribution in [3.63, 3.8) is 0 Å². The van der Waals surface area contributed by atoms with Crippen LogP contribution in [0.15, 0.2) is 12.1 Å². The number of aryl methyl sites for hydroxylation is 1. The van der Waals surface area contributed by atoms with Gasteiger partial charge in [0.1, 0.15) is 5.75 Å². The van der Waals surface area contributed by atoms with Gasteiger partial charge in [-0.2, -0.15) is 0 Å². The molecule has 0 aliphatic heterocycles. The Labute approximate surface area is 100 Å². The smallest absolute Gasteiger partial charge is 0.256 e. The summed E-state index contributed by atoms with van der Waals surface area (Å²) in [6.07, 6.45) is 0. The van der Waals surface area contributed by atoms with Crippen LogP contribution >= 0.6 is 23.2 Å². The minimum absolute atomic E-state index is 0.300. The zero-order valence-electron chi connectivity index (χ0n) is 9.23. The molecule has 0 saturated heterocycles. The van der Waals surface area contributed by atoms with Crippen LogP contribution in [0, 0.1) is 6.92 Å². The summed E-state index contributed by atoms with van der Waals surface area (Å²) in [5.74, 6) is 0.476. The van der Waals surface area contributed by atoms with Crippen LogP contribution in [0.25, 0.3) is 0 Å². The molecule has 1 aromatic carbocycles. The standard InChI is InChI=1S/C9H8Cl2O2.C2H6/c1-5-3-6(10)4-7(9(11)12)8(5)13-2;1-2/h3-4H,1-2H3;1-2H3. The van der Waals surface area contributed by atoms with Crippen molar-refractivity contribution in [3.05, 3.63) is 28.3 Å². The second-order valence-corrected chi connectivity index (χ2v) is 3.36. The lowest BCUT2D eigenvalue weighted by Crippen LogP contribution is -1.97. The van der Waals surface area contributed by atoms with Gasteiger partial charge in [0.15, 0.2) is 0 Å². The van der Waals surface area contributed by atoms with Crippen molar-refractivity contribution >= 4 is 28.4 Å². The topological polar surface area (TPSA) is 26.3 Å². The van der Waals surface area contributed by atoms with Crippen molar-refractivity contribution in [3.8, 4) is 5.75 Å². The van der Waals surface area contributed by atoms with Crippen LogP contribution in [0.1, 0.15) is 29.8 Å². The number of rotatable bonds is 2. The van der Waals surface area contributed by atoms with Crippen LogP contribution in [0.5, 0.6) is 5.75 Å². The molecule has 1 aromatic rings. The number of ether oxygens (including phenoxy) is 1. The molecule has 0 radical (unpaired) electrons. The Morgan fingerprint density at radius 2 is 1.87 bits per heavy atom. The highest BCUT2D eigenvalue weighted by molar-refractivity contribution is 6.68. The fraction of sp³-hybridized carbons (Fsp3) is 0.364. The van der Waals surface area contributed by atoms with Gasteiger partial charge in [0.2, 0.25) is 0 Å². The lowest BCUT2D eigenvalue weighted by atomic mass is 10.1. The van der Waals surface area contributed by atoms with Gasteiger partial charge in [0.05, 0.1) is 12.7 Å².